The predicted molar refractivity (Wildman–Crippen MR) is 55.2 cm³/mol. The van der Waals surface area contributed by atoms with Crippen LogP contribution in [0.25, 0.3) is 0 Å². The molecule has 2 heteroatoms. The highest BCUT2D eigenvalue weighted by Crippen LogP contribution is 2.17. The Morgan fingerprint density at radius 3 is 2.08 bits per heavy atom. The quantitative estimate of drug-likeness (QED) is 0.639. The van der Waals surface area contributed by atoms with Gasteiger partial charge in [0.25, 0.3) is 0 Å². The number of aryl methyl sites for hydroxylation is 3. The van der Waals surface area contributed by atoms with Crippen molar-refractivity contribution in [3.05, 3.63) is 34.4 Å². The molecular formula is C10H15OP. The monoisotopic (exact) mass is 182 g/mol. The van der Waals surface area contributed by atoms with Crippen molar-refractivity contribution in [1.29, 1.82) is 0 Å². The minimum atomic E-state index is 0.683. The third-order valence-electron chi connectivity index (χ3n) is 2.07. The van der Waals surface area contributed by atoms with Crippen LogP contribution in [0.1, 0.15) is 22.3 Å². The van der Waals surface area contributed by atoms with Gasteiger partial charge < -0.3 is 4.52 Å². The maximum Gasteiger partial charge on any atom is 0.0757 e. The van der Waals surface area contributed by atoms with Gasteiger partial charge in [0.1, 0.15) is 0 Å². The normalized spacial score (nSPS) is 10.3. The third kappa shape index (κ3) is 2.06. The molecule has 0 aliphatic rings. The molecule has 0 saturated heterocycles. The van der Waals surface area contributed by atoms with Gasteiger partial charge >= 0.3 is 0 Å². The van der Waals surface area contributed by atoms with E-state index in [4.69, 9.17) is 4.52 Å². The fourth-order valence-electron chi connectivity index (χ4n) is 1.52. The Morgan fingerprint density at radius 2 is 1.67 bits per heavy atom. The minimum Gasteiger partial charge on any atom is -0.361 e. The Balaban J connectivity index is 3.10. The van der Waals surface area contributed by atoms with E-state index >= 15 is 0 Å². The number of benzene rings is 1. The number of hydrogen-bond acceptors (Lipinski definition) is 1. The summed E-state index contributed by atoms with van der Waals surface area (Å²) in [6.07, 6.45) is 0. The van der Waals surface area contributed by atoms with Crippen molar-refractivity contribution in [3.8, 4) is 0 Å². The van der Waals surface area contributed by atoms with E-state index in [9.17, 15) is 0 Å². The van der Waals surface area contributed by atoms with Crippen molar-refractivity contribution < 1.29 is 4.52 Å². The first-order chi connectivity index (χ1) is 5.65. The lowest BCUT2D eigenvalue weighted by Gasteiger charge is -2.09. The maximum atomic E-state index is 5.05. The average molecular weight is 182 g/mol. The van der Waals surface area contributed by atoms with Crippen molar-refractivity contribution in [2.24, 2.45) is 0 Å². The lowest BCUT2D eigenvalue weighted by molar-refractivity contribution is 0.360. The molecule has 12 heavy (non-hydrogen) atoms. The van der Waals surface area contributed by atoms with Crippen LogP contribution in [0.3, 0.4) is 0 Å². The first-order valence-electron chi connectivity index (χ1n) is 4.03. The van der Waals surface area contributed by atoms with E-state index in [1.54, 1.807) is 0 Å². The zero-order valence-electron chi connectivity index (χ0n) is 7.85. The molecule has 1 atom stereocenters. The molecule has 1 aromatic rings. The lowest BCUT2D eigenvalue weighted by Crippen LogP contribution is -1.94. The van der Waals surface area contributed by atoms with Crippen LogP contribution in [-0.2, 0) is 11.1 Å². The van der Waals surface area contributed by atoms with E-state index in [2.05, 4.69) is 42.4 Å². The van der Waals surface area contributed by atoms with Gasteiger partial charge in [-0.25, -0.2) is 0 Å². The van der Waals surface area contributed by atoms with Crippen molar-refractivity contribution >= 4 is 9.47 Å². The molecule has 0 fully saturated rings. The fourth-order valence-corrected chi connectivity index (χ4v) is 1.69. The zero-order valence-corrected chi connectivity index (χ0v) is 9.00. The molecule has 0 aliphatic carbocycles. The van der Waals surface area contributed by atoms with Gasteiger partial charge in [0.15, 0.2) is 0 Å². The summed E-state index contributed by atoms with van der Waals surface area (Å²) in [7, 11) is 2.29. The Bertz CT molecular complexity index is 258. The predicted octanol–water partition coefficient (Wildman–Crippen LogP) is 2.92. The molecule has 66 valence electrons. The van der Waals surface area contributed by atoms with Gasteiger partial charge in [-0.2, -0.15) is 0 Å². The zero-order chi connectivity index (χ0) is 9.14. The smallest absolute Gasteiger partial charge is 0.0757 e. The highest BCUT2D eigenvalue weighted by molar-refractivity contribution is 7.09. The van der Waals surface area contributed by atoms with Crippen LogP contribution in [0.15, 0.2) is 12.1 Å². The largest absolute Gasteiger partial charge is 0.361 e. The molecule has 0 heterocycles. The molecule has 1 aromatic carbocycles. The van der Waals surface area contributed by atoms with E-state index in [0.717, 1.165) is 0 Å². The highest BCUT2D eigenvalue weighted by atomic mass is 31.0. The fraction of sp³-hybridized carbons (Fsp3) is 0.400. The molecule has 0 bridgehead atoms. The first-order valence-corrected chi connectivity index (χ1v) is 4.50. The Morgan fingerprint density at radius 1 is 1.17 bits per heavy atom. The molecule has 0 saturated carbocycles. The second-order valence-corrected chi connectivity index (χ2v) is 3.52. The van der Waals surface area contributed by atoms with Gasteiger partial charge in [0, 0.05) is 9.47 Å². The summed E-state index contributed by atoms with van der Waals surface area (Å²) in [5.74, 6) is 0. The molecule has 0 spiro atoms. The topological polar surface area (TPSA) is 9.23 Å². The van der Waals surface area contributed by atoms with E-state index in [-0.39, 0.29) is 0 Å². The number of hydrogen-bond donors (Lipinski definition) is 0. The molecule has 1 rings (SSSR count). The molecule has 0 aliphatic heterocycles. The van der Waals surface area contributed by atoms with Crippen molar-refractivity contribution in [1.82, 2.24) is 0 Å². The summed E-state index contributed by atoms with van der Waals surface area (Å²) in [5.41, 5.74) is 5.25. The maximum absolute atomic E-state index is 5.05. The van der Waals surface area contributed by atoms with Gasteiger partial charge in [-0.1, -0.05) is 17.7 Å². The van der Waals surface area contributed by atoms with Crippen LogP contribution in [0.5, 0.6) is 0 Å². The van der Waals surface area contributed by atoms with Crippen LogP contribution in [0.4, 0.5) is 0 Å². The molecule has 0 amide bonds. The minimum absolute atomic E-state index is 0.683. The van der Waals surface area contributed by atoms with Gasteiger partial charge in [-0.15, -0.1) is 0 Å². The first kappa shape index (κ1) is 9.70. The second kappa shape index (κ2) is 4.02. The summed E-state index contributed by atoms with van der Waals surface area (Å²) in [4.78, 5) is 0. The van der Waals surface area contributed by atoms with Gasteiger partial charge in [0.2, 0.25) is 0 Å². The Hall–Kier alpha value is -0.390. The van der Waals surface area contributed by atoms with Crippen LogP contribution >= 0.6 is 9.47 Å². The van der Waals surface area contributed by atoms with E-state index in [1.807, 2.05) is 0 Å². The second-order valence-electron chi connectivity index (χ2n) is 3.19. The van der Waals surface area contributed by atoms with E-state index < -0.39 is 0 Å². The summed E-state index contributed by atoms with van der Waals surface area (Å²) in [5, 5.41) is 0. The molecular weight excluding hydrogens is 167 g/mol. The van der Waals surface area contributed by atoms with Crippen LogP contribution in [0.2, 0.25) is 0 Å². The SMILES string of the molecule is Cc1cc(C)c(COP)c(C)c1. The number of rotatable bonds is 2. The summed E-state index contributed by atoms with van der Waals surface area (Å²) >= 11 is 0. The standard InChI is InChI=1S/C10H15OP/c1-7-4-8(2)10(6-11-12)9(3)5-7/h4-5H,6,12H2,1-3H3. The molecule has 0 N–H and O–H groups in total. The Kier molecular flexibility index (Phi) is 3.25. The molecule has 1 unspecified atom stereocenters. The molecule has 0 radical (unpaired) electrons. The van der Waals surface area contributed by atoms with Crippen LogP contribution < -0.4 is 0 Å². The van der Waals surface area contributed by atoms with Crippen molar-refractivity contribution in [2.75, 3.05) is 0 Å². The lowest BCUT2D eigenvalue weighted by atomic mass is 10.0. The van der Waals surface area contributed by atoms with Gasteiger partial charge in [-0.05, 0) is 37.5 Å². The van der Waals surface area contributed by atoms with E-state index in [0.29, 0.717) is 6.61 Å². The summed E-state index contributed by atoms with van der Waals surface area (Å²) in [6.45, 7) is 7.05. The van der Waals surface area contributed by atoms with Crippen molar-refractivity contribution in [3.63, 3.8) is 0 Å². The van der Waals surface area contributed by atoms with Crippen molar-refractivity contribution in [2.45, 2.75) is 27.4 Å². The van der Waals surface area contributed by atoms with E-state index in [1.165, 1.54) is 22.3 Å². The summed E-state index contributed by atoms with van der Waals surface area (Å²) in [6, 6.07) is 4.37. The molecule has 0 aromatic heterocycles. The summed E-state index contributed by atoms with van der Waals surface area (Å²) < 4.78 is 5.05. The third-order valence-corrected chi connectivity index (χ3v) is 2.23. The van der Waals surface area contributed by atoms with Crippen LogP contribution in [-0.4, -0.2) is 0 Å². The van der Waals surface area contributed by atoms with Gasteiger partial charge in [-0.3, -0.25) is 0 Å². The van der Waals surface area contributed by atoms with Gasteiger partial charge in [0.05, 0.1) is 6.61 Å². The van der Waals surface area contributed by atoms with Crippen LogP contribution in [0, 0.1) is 20.8 Å². The average Bonchev–Trinajstić information content (AvgIpc) is 1.96. The highest BCUT2D eigenvalue weighted by Gasteiger charge is 2.02. The Labute approximate surface area is 76.4 Å². The molecule has 1 nitrogen and oxygen atoms in total.